The number of benzene rings is 1. The van der Waals surface area contributed by atoms with Crippen LogP contribution in [0, 0.1) is 6.92 Å². The molecule has 0 atom stereocenters. The predicted molar refractivity (Wildman–Crippen MR) is 67.3 cm³/mol. The Kier molecular flexibility index (Phi) is 2.95. The summed E-state index contributed by atoms with van der Waals surface area (Å²) in [5.41, 5.74) is 8.06. The summed E-state index contributed by atoms with van der Waals surface area (Å²) in [7, 11) is 0. The molecule has 88 valence electrons. The van der Waals surface area contributed by atoms with E-state index in [1.807, 2.05) is 44.2 Å². The van der Waals surface area contributed by atoms with Gasteiger partial charge < -0.3 is 5.73 Å². The minimum Gasteiger partial charge on any atom is -0.383 e. The van der Waals surface area contributed by atoms with Crippen molar-refractivity contribution in [3.05, 3.63) is 41.6 Å². The van der Waals surface area contributed by atoms with Gasteiger partial charge in [-0.15, -0.1) is 0 Å². The van der Waals surface area contributed by atoms with Crippen LogP contribution in [0.1, 0.15) is 29.4 Å². The summed E-state index contributed by atoms with van der Waals surface area (Å²) in [4.78, 5) is 11.7. The smallest absolute Gasteiger partial charge is 0.183 e. The number of para-hydroxylation sites is 1. The maximum atomic E-state index is 11.7. The Balaban J connectivity index is 2.54. The lowest BCUT2D eigenvalue weighted by Gasteiger charge is -2.02. The van der Waals surface area contributed by atoms with Gasteiger partial charge in [-0.25, -0.2) is 4.68 Å². The number of nitrogens with zero attached hydrogens (tertiary/aromatic N) is 2. The summed E-state index contributed by atoms with van der Waals surface area (Å²) in [5, 5.41) is 4.29. The number of hydrogen-bond acceptors (Lipinski definition) is 3. The van der Waals surface area contributed by atoms with E-state index in [4.69, 9.17) is 5.73 Å². The van der Waals surface area contributed by atoms with Crippen LogP contribution in [-0.2, 0) is 0 Å². The number of Topliss-reactive ketones (excluding diaryl/α,β-unsaturated/α-hetero) is 1. The molecule has 2 rings (SSSR count). The average Bonchev–Trinajstić information content (AvgIpc) is 2.67. The molecular weight excluding hydrogens is 214 g/mol. The van der Waals surface area contributed by atoms with Gasteiger partial charge in [0.2, 0.25) is 0 Å². The Morgan fingerprint density at radius 2 is 2.00 bits per heavy atom. The molecular formula is C13H15N3O. The number of ketones is 1. The SMILES string of the molecule is CCC(=O)c1nn(-c2ccccc2)c(N)c1C. The van der Waals surface area contributed by atoms with Gasteiger partial charge in [0.15, 0.2) is 5.78 Å². The first-order valence-corrected chi connectivity index (χ1v) is 5.58. The van der Waals surface area contributed by atoms with Crippen molar-refractivity contribution in [3.8, 4) is 5.69 Å². The van der Waals surface area contributed by atoms with Crippen molar-refractivity contribution >= 4 is 11.6 Å². The first-order valence-electron chi connectivity index (χ1n) is 5.58. The van der Waals surface area contributed by atoms with Crippen molar-refractivity contribution in [3.63, 3.8) is 0 Å². The summed E-state index contributed by atoms with van der Waals surface area (Å²) >= 11 is 0. The molecule has 1 aromatic carbocycles. The van der Waals surface area contributed by atoms with Crippen LogP contribution in [0.5, 0.6) is 0 Å². The zero-order chi connectivity index (χ0) is 12.4. The number of nitrogens with two attached hydrogens (primary N) is 1. The number of anilines is 1. The first-order chi connectivity index (χ1) is 8.15. The topological polar surface area (TPSA) is 60.9 Å². The molecule has 2 aromatic rings. The highest BCUT2D eigenvalue weighted by Gasteiger charge is 2.17. The second kappa shape index (κ2) is 4.41. The van der Waals surface area contributed by atoms with E-state index in [1.165, 1.54) is 0 Å². The van der Waals surface area contributed by atoms with Crippen LogP contribution in [0.2, 0.25) is 0 Å². The average molecular weight is 229 g/mol. The largest absolute Gasteiger partial charge is 0.383 e. The summed E-state index contributed by atoms with van der Waals surface area (Å²) < 4.78 is 1.61. The van der Waals surface area contributed by atoms with Crippen LogP contribution in [0.25, 0.3) is 5.69 Å². The van der Waals surface area contributed by atoms with E-state index in [1.54, 1.807) is 4.68 Å². The van der Waals surface area contributed by atoms with E-state index in [9.17, 15) is 4.79 Å². The summed E-state index contributed by atoms with van der Waals surface area (Å²) in [6.07, 6.45) is 0.437. The van der Waals surface area contributed by atoms with Crippen LogP contribution in [-0.4, -0.2) is 15.6 Å². The highest BCUT2D eigenvalue weighted by molar-refractivity contribution is 5.96. The molecule has 0 aliphatic heterocycles. The van der Waals surface area contributed by atoms with Gasteiger partial charge in [0.05, 0.1) is 5.69 Å². The fraction of sp³-hybridized carbons (Fsp3) is 0.231. The highest BCUT2D eigenvalue weighted by Crippen LogP contribution is 2.20. The van der Waals surface area contributed by atoms with Crippen molar-refractivity contribution in [2.24, 2.45) is 0 Å². The number of nitrogen functional groups attached to an aromatic ring is 1. The lowest BCUT2D eigenvalue weighted by atomic mass is 10.1. The van der Waals surface area contributed by atoms with Crippen molar-refractivity contribution < 1.29 is 4.79 Å². The van der Waals surface area contributed by atoms with E-state index >= 15 is 0 Å². The molecule has 0 radical (unpaired) electrons. The fourth-order valence-corrected chi connectivity index (χ4v) is 1.71. The van der Waals surface area contributed by atoms with E-state index in [-0.39, 0.29) is 5.78 Å². The quantitative estimate of drug-likeness (QED) is 0.822. The zero-order valence-electron chi connectivity index (χ0n) is 9.97. The number of carbonyl (C=O) groups is 1. The molecule has 0 fully saturated rings. The van der Waals surface area contributed by atoms with E-state index in [2.05, 4.69) is 5.10 Å². The van der Waals surface area contributed by atoms with E-state index in [0.29, 0.717) is 17.9 Å². The third-order valence-corrected chi connectivity index (χ3v) is 2.75. The van der Waals surface area contributed by atoms with Crippen LogP contribution < -0.4 is 5.73 Å². The molecule has 0 unspecified atom stereocenters. The van der Waals surface area contributed by atoms with Crippen molar-refractivity contribution in [2.75, 3.05) is 5.73 Å². The summed E-state index contributed by atoms with van der Waals surface area (Å²) in [6.45, 7) is 3.64. The second-order valence-corrected chi connectivity index (χ2v) is 3.88. The van der Waals surface area contributed by atoms with Crippen LogP contribution in [0.4, 0.5) is 5.82 Å². The third kappa shape index (κ3) is 1.93. The minimum atomic E-state index is 0.0175. The maximum Gasteiger partial charge on any atom is 0.183 e. The van der Waals surface area contributed by atoms with Crippen LogP contribution in [0.15, 0.2) is 30.3 Å². The molecule has 4 heteroatoms. The Labute approximate surface area is 100 Å². The molecule has 0 spiro atoms. The Bertz CT molecular complexity index is 543. The van der Waals surface area contributed by atoms with Crippen LogP contribution >= 0.6 is 0 Å². The van der Waals surface area contributed by atoms with Crippen molar-refractivity contribution in [1.29, 1.82) is 0 Å². The fourth-order valence-electron chi connectivity index (χ4n) is 1.71. The number of hydrogen-bond donors (Lipinski definition) is 1. The molecule has 0 saturated carbocycles. The molecule has 4 nitrogen and oxygen atoms in total. The zero-order valence-corrected chi connectivity index (χ0v) is 9.97. The molecule has 17 heavy (non-hydrogen) atoms. The van der Waals surface area contributed by atoms with Gasteiger partial charge in [0.25, 0.3) is 0 Å². The van der Waals surface area contributed by atoms with Gasteiger partial charge in [-0.2, -0.15) is 5.10 Å². The number of rotatable bonds is 3. The normalized spacial score (nSPS) is 10.5. The molecule has 0 amide bonds. The number of carbonyl (C=O) groups excluding carboxylic acids is 1. The molecule has 1 aromatic heterocycles. The lowest BCUT2D eigenvalue weighted by Crippen LogP contribution is -2.03. The Morgan fingerprint density at radius 1 is 1.35 bits per heavy atom. The number of aromatic nitrogens is 2. The van der Waals surface area contributed by atoms with Gasteiger partial charge in [0, 0.05) is 12.0 Å². The molecule has 0 bridgehead atoms. The van der Waals surface area contributed by atoms with Gasteiger partial charge in [0.1, 0.15) is 11.5 Å². The van der Waals surface area contributed by atoms with Crippen molar-refractivity contribution in [2.45, 2.75) is 20.3 Å². The van der Waals surface area contributed by atoms with E-state index < -0.39 is 0 Å². The molecule has 0 aliphatic carbocycles. The van der Waals surface area contributed by atoms with Gasteiger partial charge in [-0.1, -0.05) is 25.1 Å². The molecule has 1 heterocycles. The minimum absolute atomic E-state index is 0.0175. The van der Waals surface area contributed by atoms with Gasteiger partial charge in [-0.3, -0.25) is 4.79 Å². The maximum absolute atomic E-state index is 11.7. The van der Waals surface area contributed by atoms with Gasteiger partial charge in [-0.05, 0) is 19.1 Å². The second-order valence-electron chi connectivity index (χ2n) is 3.88. The highest BCUT2D eigenvalue weighted by atomic mass is 16.1. The molecule has 0 aliphatic rings. The Hall–Kier alpha value is -2.10. The summed E-state index contributed by atoms with van der Waals surface area (Å²) in [6, 6.07) is 9.56. The Morgan fingerprint density at radius 3 is 2.59 bits per heavy atom. The van der Waals surface area contributed by atoms with E-state index in [0.717, 1.165) is 11.3 Å². The predicted octanol–water partition coefficient (Wildman–Crippen LogP) is 2.36. The molecule has 2 N–H and O–H groups in total. The monoisotopic (exact) mass is 229 g/mol. The molecule has 0 saturated heterocycles. The summed E-state index contributed by atoms with van der Waals surface area (Å²) in [5.74, 6) is 0.539. The first kappa shape index (κ1) is 11.4. The van der Waals surface area contributed by atoms with Crippen molar-refractivity contribution in [1.82, 2.24) is 9.78 Å². The lowest BCUT2D eigenvalue weighted by molar-refractivity contribution is 0.0982. The standard InChI is InChI=1S/C13H15N3O/c1-3-11(17)12-9(2)13(14)16(15-12)10-7-5-4-6-8-10/h4-8H,3,14H2,1-2H3. The van der Waals surface area contributed by atoms with Gasteiger partial charge >= 0.3 is 0 Å². The van der Waals surface area contributed by atoms with Crippen LogP contribution in [0.3, 0.4) is 0 Å². The third-order valence-electron chi connectivity index (χ3n) is 2.75.